The van der Waals surface area contributed by atoms with E-state index in [0.29, 0.717) is 6.54 Å². The van der Waals surface area contributed by atoms with Gasteiger partial charge in [0.05, 0.1) is 11.6 Å². The zero-order chi connectivity index (χ0) is 23.3. The smallest absolute Gasteiger partial charge is 0.247 e. The summed E-state index contributed by atoms with van der Waals surface area (Å²) in [7, 11) is 0. The summed E-state index contributed by atoms with van der Waals surface area (Å²) in [5.41, 5.74) is 2.37. The molecule has 0 bridgehead atoms. The molecule has 1 aliphatic carbocycles. The first kappa shape index (κ1) is 22.5. The minimum absolute atomic E-state index is 0.0148. The van der Waals surface area contributed by atoms with E-state index in [4.69, 9.17) is 4.74 Å². The van der Waals surface area contributed by atoms with Gasteiger partial charge in [-0.25, -0.2) is 4.68 Å². The van der Waals surface area contributed by atoms with Crippen molar-refractivity contribution in [2.45, 2.75) is 63.3 Å². The van der Waals surface area contributed by atoms with Crippen molar-refractivity contribution in [1.29, 1.82) is 0 Å². The number of hydrogen-bond acceptors (Lipinski definition) is 5. The van der Waals surface area contributed by atoms with Crippen LogP contribution < -0.4 is 5.32 Å². The number of nitrogens with zero attached hydrogens (tertiary/aromatic N) is 4. The zero-order valence-corrected chi connectivity index (χ0v) is 19.3. The summed E-state index contributed by atoms with van der Waals surface area (Å²) >= 11 is 0. The Hall–Kier alpha value is -3.26. The summed E-state index contributed by atoms with van der Waals surface area (Å²) < 4.78 is 7.32. The van der Waals surface area contributed by atoms with E-state index < -0.39 is 6.04 Å². The average Bonchev–Trinajstić information content (AvgIpc) is 3.64. The van der Waals surface area contributed by atoms with Gasteiger partial charge in [-0.05, 0) is 43.4 Å². The van der Waals surface area contributed by atoms with Crippen molar-refractivity contribution >= 4 is 22.8 Å². The van der Waals surface area contributed by atoms with Gasteiger partial charge in [0.15, 0.2) is 0 Å². The number of amides is 2. The first-order valence-corrected chi connectivity index (χ1v) is 12.2. The van der Waals surface area contributed by atoms with Gasteiger partial charge in [-0.15, -0.1) is 5.10 Å². The van der Waals surface area contributed by atoms with E-state index in [1.165, 1.54) is 0 Å². The molecule has 1 aliphatic heterocycles. The molecular weight excluding hydrogens is 430 g/mol. The molecule has 2 heterocycles. The van der Waals surface area contributed by atoms with E-state index in [1.54, 1.807) is 4.68 Å². The molecule has 2 amide bonds. The summed E-state index contributed by atoms with van der Waals surface area (Å²) in [4.78, 5) is 29.3. The summed E-state index contributed by atoms with van der Waals surface area (Å²) in [5, 5.41) is 11.5. The Morgan fingerprint density at radius 3 is 2.56 bits per heavy atom. The monoisotopic (exact) mass is 461 g/mol. The van der Waals surface area contributed by atoms with Gasteiger partial charge in [0, 0.05) is 19.2 Å². The van der Waals surface area contributed by atoms with E-state index in [9.17, 15) is 9.59 Å². The highest BCUT2D eigenvalue weighted by Crippen LogP contribution is 2.32. The second kappa shape index (κ2) is 10.3. The highest BCUT2D eigenvalue weighted by molar-refractivity contribution is 5.89. The van der Waals surface area contributed by atoms with Crippen molar-refractivity contribution in [3.05, 3.63) is 60.2 Å². The SMILES string of the molecule is O=C(NCC1CCCO1)C(c1ccccc1)N(C(=O)Cn1nnc2ccccc21)C1CCCC1. The standard InChI is InChI=1S/C26H31N5O3/c32-24(18-30-23-15-7-6-14-22(23)28-29-30)31(20-11-4-5-12-20)25(19-9-2-1-3-10-19)26(33)27-17-21-13-8-16-34-21/h1-3,6-7,9-10,14-15,20-21,25H,4-5,8,11-13,16-18H2,(H,27,33). The Kier molecular flexibility index (Phi) is 6.85. The van der Waals surface area contributed by atoms with Gasteiger partial charge in [0.1, 0.15) is 18.1 Å². The lowest BCUT2D eigenvalue weighted by Gasteiger charge is -2.36. The summed E-state index contributed by atoms with van der Waals surface area (Å²) in [6, 6.07) is 16.5. The average molecular weight is 462 g/mol. The molecule has 2 unspecified atom stereocenters. The zero-order valence-electron chi connectivity index (χ0n) is 19.3. The Balaban J connectivity index is 1.44. The van der Waals surface area contributed by atoms with Crippen LogP contribution >= 0.6 is 0 Å². The Morgan fingerprint density at radius 1 is 1.03 bits per heavy atom. The lowest BCUT2D eigenvalue weighted by atomic mass is 10.0. The highest BCUT2D eigenvalue weighted by atomic mass is 16.5. The third kappa shape index (κ3) is 4.82. The van der Waals surface area contributed by atoms with Crippen LogP contribution in [0.15, 0.2) is 54.6 Å². The van der Waals surface area contributed by atoms with Gasteiger partial charge in [-0.1, -0.05) is 60.5 Å². The molecule has 0 radical (unpaired) electrons. The molecule has 3 aromatic rings. The second-order valence-electron chi connectivity index (χ2n) is 9.17. The number of carbonyl (C=O) groups excluding carboxylic acids is 2. The van der Waals surface area contributed by atoms with E-state index in [-0.39, 0.29) is 30.5 Å². The van der Waals surface area contributed by atoms with Crippen molar-refractivity contribution < 1.29 is 14.3 Å². The second-order valence-corrected chi connectivity index (χ2v) is 9.17. The molecule has 8 nitrogen and oxygen atoms in total. The minimum atomic E-state index is -0.701. The third-order valence-corrected chi connectivity index (χ3v) is 6.88. The van der Waals surface area contributed by atoms with Crippen molar-refractivity contribution in [3.63, 3.8) is 0 Å². The number of hydrogen-bond donors (Lipinski definition) is 1. The maximum atomic E-state index is 13.9. The molecule has 178 valence electrons. The van der Waals surface area contributed by atoms with Crippen LogP contribution in [0.5, 0.6) is 0 Å². The molecule has 1 aromatic heterocycles. The number of carbonyl (C=O) groups is 2. The van der Waals surface area contributed by atoms with Crippen molar-refractivity contribution in [2.75, 3.05) is 13.2 Å². The van der Waals surface area contributed by atoms with Crippen LogP contribution in [0.4, 0.5) is 0 Å². The van der Waals surface area contributed by atoms with Crippen LogP contribution in [0.3, 0.4) is 0 Å². The quantitative estimate of drug-likeness (QED) is 0.556. The van der Waals surface area contributed by atoms with Crippen LogP contribution in [0.25, 0.3) is 11.0 Å². The molecule has 34 heavy (non-hydrogen) atoms. The molecule has 5 rings (SSSR count). The van der Waals surface area contributed by atoms with Gasteiger partial charge in [-0.2, -0.15) is 0 Å². The van der Waals surface area contributed by atoms with Crippen molar-refractivity contribution in [3.8, 4) is 0 Å². The normalized spacial score (nSPS) is 19.4. The molecule has 0 spiro atoms. The molecule has 1 saturated carbocycles. The van der Waals surface area contributed by atoms with Crippen LogP contribution in [-0.2, 0) is 20.9 Å². The Morgan fingerprint density at radius 2 is 1.79 bits per heavy atom. The van der Waals surface area contributed by atoms with Gasteiger partial charge in [0.25, 0.3) is 0 Å². The summed E-state index contributed by atoms with van der Waals surface area (Å²) in [6.45, 7) is 1.24. The van der Waals surface area contributed by atoms with Crippen LogP contribution in [0.2, 0.25) is 0 Å². The molecule has 2 fully saturated rings. The minimum Gasteiger partial charge on any atom is -0.376 e. The molecule has 1 saturated heterocycles. The van der Waals surface area contributed by atoms with Crippen LogP contribution in [0.1, 0.15) is 50.1 Å². The van der Waals surface area contributed by atoms with Gasteiger partial charge < -0.3 is 15.0 Å². The van der Waals surface area contributed by atoms with Crippen LogP contribution in [-0.4, -0.2) is 57.0 Å². The number of benzene rings is 2. The fourth-order valence-corrected chi connectivity index (χ4v) is 5.17. The largest absolute Gasteiger partial charge is 0.376 e. The lowest BCUT2D eigenvalue weighted by Crippen LogP contribution is -2.50. The van der Waals surface area contributed by atoms with Gasteiger partial charge in [-0.3, -0.25) is 9.59 Å². The molecule has 8 heteroatoms. The maximum absolute atomic E-state index is 13.9. The summed E-state index contributed by atoms with van der Waals surface area (Å²) in [6.07, 6.45) is 5.90. The summed E-state index contributed by atoms with van der Waals surface area (Å²) in [5.74, 6) is -0.283. The fraction of sp³-hybridized carbons (Fsp3) is 0.462. The van der Waals surface area contributed by atoms with E-state index >= 15 is 0 Å². The van der Waals surface area contributed by atoms with Gasteiger partial charge in [0.2, 0.25) is 11.8 Å². The number of nitrogens with one attached hydrogen (secondary N) is 1. The van der Waals surface area contributed by atoms with Crippen molar-refractivity contribution in [1.82, 2.24) is 25.2 Å². The number of aromatic nitrogens is 3. The number of ether oxygens (including phenoxy) is 1. The van der Waals surface area contributed by atoms with Gasteiger partial charge >= 0.3 is 0 Å². The van der Waals surface area contributed by atoms with Crippen LogP contribution in [0, 0.1) is 0 Å². The molecule has 2 atom stereocenters. The fourth-order valence-electron chi connectivity index (χ4n) is 5.17. The molecule has 2 aromatic carbocycles. The highest BCUT2D eigenvalue weighted by Gasteiger charge is 2.38. The number of para-hydroxylation sites is 1. The first-order chi connectivity index (χ1) is 16.7. The third-order valence-electron chi connectivity index (χ3n) is 6.88. The first-order valence-electron chi connectivity index (χ1n) is 12.2. The molecular formula is C26H31N5O3. The predicted molar refractivity (Wildman–Crippen MR) is 128 cm³/mol. The Bertz CT molecular complexity index is 1120. The molecule has 1 N–H and O–H groups in total. The molecule has 2 aliphatic rings. The Labute approximate surface area is 199 Å². The maximum Gasteiger partial charge on any atom is 0.247 e. The number of rotatable bonds is 8. The lowest BCUT2D eigenvalue weighted by molar-refractivity contribution is -0.144. The number of fused-ring (bicyclic) bond motifs is 1. The van der Waals surface area contributed by atoms with E-state index in [2.05, 4.69) is 15.6 Å². The van der Waals surface area contributed by atoms with E-state index in [0.717, 1.165) is 61.7 Å². The van der Waals surface area contributed by atoms with Crippen molar-refractivity contribution in [2.24, 2.45) is 0 Å². The topological polar surface area (TPSA) is 89.4 Å². The van der Waals surface area contributed by atoms with E-state index in [1.807, 2.05) is 59.5 Å². The predicted octanol–water partition coefficient (Wildman–Crippen LogP) is 3.24.